The van der Waals surface area contributed by atoms with Crippen molar-refractivity contribution in [1.29, 1.82) is 0 Å². The zero-order valence-electron chi connectivity index (χ0n) is 13.4. The Morgan fingerprint density at radius 3 is 2.71 bits per heavy atom. The van der Waals surface area contributed by atoms with E-state index in [2.05, 4.69) is 17.4 Å². The first-order valence-electron chi connectivity index (χ1n) is 8.11. The molecule has 2 aromatic carbocycles. The molecule has 1 amide bonds. The number of fused-ring (bicyclic) bond motifs is 1. The smallest absolute Gasteiger partial charge is 0.224 e. The highest BCUT2D eigenvalue weighted by Crippen LogP contribution is 2.38. The Balaban J connectivity index is 1.56. The molecule has 1 N–H and O–H groups in total. The monoisotopic (exact) mass is 345 g/mol. The summed E-state index contributed by atoms with van der Waals surface area (Å²) < 4.78 is 11.2. The third kappa shape index (κ3) is 4.42. The number of benzene rings is 2. The highest BCUT2D eigenvalue weighted by Gasteiger charge is 2.16. The van der Waals surface area contributed by atoms with Crippen molar-refractivity contribution in [3.8, 4) is 11.5 Å². The molecular weight excluding hydrogens is 326 g/mol. The van der Waals surface area contributed by atoms with E-state index in [-0.39, 0.29) is 12.3 Å². The Morgan fingerprint density at radius 2 is 1.88 bits per heavy atom. The van der Waals surface area contributed by atoms with Crippen molar-refractivity contribution in [1.82, 2.24) is 5.32 Å². The highest BCUT2D eigenvalue weighted by atomic mass is 35.5. The molecule has 4 nitrogen and oxygen atoms in total. The van der Waals surface area contributed by atoms with Crippen molar-refractivity contribution >= 4 is 17.5 Å². The summed E-state index contributed by atoms with van der Waals surface area (Å²) >= 11 is 6.25. The lowest BCUT2D eigenvalue weighted by Gasteiger charge is -2.12. The van der Waals surface area contributed by atoms with E-state index in [1.807, 2.05) is 24.3 Å². The summed E-state index contributed by atoms with van der Waals surface area (Å²) in [6, 6.07) is 13.7. The van der Waals surface area contributed by atoms with Gasteiger partial charge in [0.1, 0.15) is 0 Å². The average Bonchev–Trinajstić information content (AvgIpc) is 2.81. The van der Waals surface area contributed by atoms with Gasteiger partial charge in [-0.25, -0.2) is 0 Å². The van der Waals surface area contributed by atoms with Crippen molar-refractivity contribution in [2.45, 2.75) is 19.3 Å². The van der Waals surface area contributed by atoms with E-state index in [1.54, 1.807) is 6.07 Å². The fourth-order valence-electron chi connectivity index (χ4n) is 2.63. The molecule has 5 heteroatoms. The molecule has 0 saturated carbocycles. The minimum absolute atomic E-state index is 0.0310. The van der Waals surface area contributed by atoms with Gasteiger partial charge in [0.05, 0.1) is 24.7 Å². The van der Waals surface area contributed by atoms with Crippen LogP contribution in [-0.4, -0.2) is 25.7 Å². The number of ether oxygens (including phenoxy) is 2. The van der Waals surface area contributed by atoms with Crippen molar-refractivity contribution in [2.24, 2.45) is 0 Å². The first-order valence-corrected chi connectivity index (χ1v) is 8.49. The summed E-state index contributed by atoms with van der Waals surface area (Å²) in [6.45, 7) is 1.79. The maximum Gasteiger partial charge on any atom is 0.224 e. The zero-order valence-corrected chi connectivity index (χ0v) is 14.1. The normalized spacial score (nSPS) is 13.2. The van der Waals surface area contributed by atoms with Crippen molar-refractivity contribution in [3.05, 3.63) is 58.6 Å². The Labute approximate surface area is 146 Å². The van der Waals surface area contributed by atoms with E-state index < -0.39 is 0 Å². The molecule has 0 bridgehead atoms. The van der Waals surface area contributed by atoms with Gasteiger partial charge in [-0.3, -0.25) is 4.79 Å². The highest BCUT2D eigenvalue weighted by molar-refractivity contribution is 6.32. The number of carbonyl (C=O) groups is 1. The van der Waals surface area contributed by atoms with Crippen LogP contribution in [0.15, 0.2) is 42.5 Å². The number of hydrogen-bond acceptors (Lipinski definition) is 3. The maximum absolute atomic E-state index is 12.1. The fraction of sp³-hybridized carbons (Fsp3) is 0.316. The predicted molar refractivity (Wildman–Crippen MR) is 93.9 cm³/mol. The van der Waals surface area contributed by atoms with Crippen LogP contribution >= 0.6 is 11.6 Å². The Bertz CT molecular complexity index is 703. The van der Waals surface area contributed by atoms with Crippen molar-refractivity contribution in [3.63, 3.8) is 0 Å². The molecule has 24 heavy (non-hydrogen) atoms. The van der Waals surface area contributed by atoms with Gasteiger partial charge in [0, 0.05) is 13.0 Å². The Kier molecular flexibility index (Phi) is 5.59. The van der Waals surface area contributed by atoms with Gasteiger partial charge in [-0.1, -0.05) is 41.9 Å². The van der Waals surface area contributed by atoms with E-state index in [9.17, 15) is 4.79 Å². The minimum atomic E-state index is -0.0310. The molecular formula is C19H20ClNO3. The molecule has 3 rings (SSSR count). The zero-order chi connectivity index (χ0) is 16.8. The average molecular weight is 346 g/mol. The van der Waals surface area contributed by atoms with Gasteiger partial charge in [-0.05, 0) is 29.7 Å². The van der Waals surface area contributed by atoms with E-state index in [0.29, 0.717) is 36.3 Å². The fourth-order valence-corrected chi connectivity index (χ4v) is 2.91. The molecule has 0 atom stereocenters. The lowest BCUT2D eigenvalue weighted by molar-refractivity contribution is -0.120. The molecule has 0 aliphatic carbocycles. The minimum Gasteiger partial charge on any atom is -0.489 e. The summed E-state index contributed by atoms with van der Waals surface area (Å²) in [5.74, 6) is 1.16. The van der Waals surface area contributed by atoms with Gasteiger partial charge >= 0.3 is 0 Å². The molecule has 1 heterocycles. The molecule has 0 fully saturated rings. The molecule has 0 aromatic heterocycles. The first-order chi connectivity index (χ1) is 11.7. The molecule has 0 saturated heterocycles. The third-order valence-corrected chi connectivity index (χ3v) is 4.09. The number of nitrogens with one attached hydrogen (secondary N) is 1. The van der Waals surface area contributed by atoms with E-state index in [1.165, 1.54) is 5.56 Å². The molecule has 0 unspecified atom stereocenters. The van der Waals surface area contributed by atoms with Gasteiger partial charge < -0.3 is 14.8 Å². The topological polar surface area (TPSA) is 47.6 Å². The standard InChI is InChI=1S/C19H20ClNO3/c20-16-11-15(12-17-19(16)24-10-4-9-23-17)13-18(22)21-8-7-14-5-2-1-3-6-14/h1-3,5-6,11-12H,4,7-10,13H2,(H,21,22). The number of hydrogen-bond donors (Lipinski definition) is 1. The van der Waals surface area contributed by atoms with E-state index in [4.69, 9.17) is 21.1 Å². The SMILES string of the molecule is O=C(Cc1cc(Cl)c2c(c1)OCCCO2)NCCc1ccccc1. The summed E-state index contributed by atoms with van der Waals surface area (Å²) in [5.41, 5.74) is 2.03. The number of carbonyl (C=O) groups excluding carboxylic acids is 1. The van der Waals surface area contributed by atoms with Crippen LogP contribution in [0.3, 0.4) is 0 Å². The van der Waals surface area contributed by atoms with Crippen molar-refractivity contribution < 1.29 is 14.3 Å². The maximum atomic E-state index is 12.1. The molecule has 126 valence electrons. The molecule has 1 aliphatic heterocycles. The molecule has 0 spiro atoms. The summed E-state index contributed by atoms with van der Waals surface area (Å²) in [5, 5.41) is 3.42. The molecule has 1 aliphatic rings. The Morgan fingerprint density at radius 1 is 1.08 bits per heavy atom. The number of halogens is 1. The van der Waals surface area contributed by atoms with Crippen LogP contribution in [0, 0.1) is 0 Å². The van der Waals surface area contributed by atoms with Crippen molar-refractivity contribution in [2.75, 3.05) is 19.8 Å². The van der Waals surface area contributed by atoms with Gasteiger partial charge in [0.15, 0.2) is 11.5 Å². The lowest BCUT2D eigenvalue weighted by atomic mass is 10.1. The van der Waals surface area contributed by atoms with Gasteiger partial charge in [0.2, 0.25) is 5.91 Å². The van der Waals surface area contributed by atoms with Crippen LogP contribution in [-0.2, 0) is 17.6 Å². The van der Waals surface area contributed by atoms with Crippen LogP contribution in [0.1, 0.15) is 17.5 Å². The van der Waals surface area contributed by atoms with E-state index >= 15 is 0 Å². The lowest BCUT2D eigenvalue weighted by Crippen LogP contribution is -2.27. The van der Waals surface area contributed by atoms with E-state index in [0.717, 1.165) is 18.4 Å². The predicted octanol–water partition coefficient (Wildman–Crippen LogP) is 3.40. The van der Waals surface area contributed by atoms with Crippen LogP contribution in [0.2, 0.25) is 5.02 Å². The van der Waals surface area contributed by atoms with Crippen LogP contribution < -0.4 is 14.8 Å². The van der Waals surface area contributed by atoms with Crippen LogP contribution in [0.5, 0.6) is 11.5 Å². The van der Waals surface area contributed by atoms with Crippen LogP contribution in [0.25, 0.3) is 0 Å². The largest absolute Gasteiger partial charge is 0.489 e. The van der Waals surface area contributed by atoms with Gasteiger partial charge in [-0.2, -0.15) is 0 Å². The molecule has 2 aromatic rings. The first kappa shape index (κ1) is 16.7. The third-order valence-electron chi connectivity index (χ3n) is 3.81. The van der Waals surface area contributed by atoms with Gasteiger partial charge in [-0.15, -0.1) is 0 Å². The summed E-state index contributed by atoms with van der Waals surface area (Å²) in [4.78, 5) is 12.1. The number of rotatable bonds is 5. The Hall–Kier alpha value is -2.20. The molecule has 0 radical (unpaired) electrons. The second-order valence-electron chi connectivity index (χ2n) is 5.72. The second kappa shape index (κ2) is 8.06. The van der Waals surface area contributed by atoms with Crippen LogP contribution in [0.4, 0.5) is 0 Å². The number of amides is 1. The second-order valence-corrected chi connectivity index (χ2v) is 6.12. The summed E-state index contributed by atoms with van der Waals surface area (Å²) in [6.07, 6.45) is 1.90. The summed E-state index contributed by atoms with van der Waals surface area (Å²) in [7, 11) is 0. The quantitative estimate of drug-likeness (QED) is 0.903. The van der Waals surface area contributed by atoms with Gasteiger partial charge in [0.25, 0.3) is 0 Å².